The Hall–Kier alpha value is -0.680. The van der Waals surface area contributed by atoms with Crippen LogP contribution >= 0.6 is 38.5 Å². The maximum Gasteiger partial charge on any atom is 0.296 e. The Kier molecular flexibility index (Phi) is 3.83. The van der Waals surface area contributed by atoms with Gasteiger partial charge in [-0.2, -0.15) is 5.26 Å². The Balaban J connectivity index is 3.26. The molecule has 0 aromatic heterocycles. The van der Waals surface area contributed by atoms with Crippen LogP contribution in [0, 0.1) is 25.0 Å². The van der Waals surface area contributed by atoms with E-state index < -0.39 is 4.92 Å². The quantitative estimate of drug-likeness (QED) is 0.459. The third-order valence-electron chi connectivity index (χ3n) is 1.54. The Labute approximate surface area is 102 Å². The van der Waals surface area contributed by atoms with Crippen LogP contribution in [0.25, 0.3) is 0 Å². The largest absolute Gasteiger partial charge is 0.296 e. The third kappa shape index (κ3) is 2.42. The standard InChI is InChI=1S/C8H4BrIN2O2/c9-6-3-5(1-2-11)4-7(10)8(6)12(13)14/h3-4H,1H2. The van der Waals surface area contributed by atoms with E-state index >= 15 is 0 Å². The molecule has 0 radical (unpaired) electrons. The van der Waals surface area contributed by atoms with Crippen LogP contribution in [-0.4, -0.2) is 4.92 Å². The van der Waals surface area contributed by atoms with Crippen LogP contribution in [-0.2, 0) is 6.42 Å². The summed E-state index contributed by atoms with van der Waals surface area (Å²) in [5.74, 6) is 0. The highest BCUT2D eigenvalue weighted by Crippen LogP contribution is 2.31. The summed E-state index contributed by atoms with van der Waals surface area (Å²) < 4.78 is 0.951. The maximum atomic E-state index is 10.6. The van der Waals surface area contributed by atoms with E-state index in [0.29, 0.717) is 8.04 Å². The Bertz CT molecular complexity index is 405. The number of halogens is 2. The van der Waals surface area contributed by atoms with E-state index in [1.165, 1.54) is 0 Å². The second kappa shape index (κ2) is 4.70. The van der Waals surface area contributed by atoms with Gasteiger partial charge in [-0.15, -0.1) is 0 Å². The minimum atomic E-state index is -0.442. The van der Waals surface area contributed by atoms with Gasteiger partial charge in [-0.25, -0.2) is 0 Å². The summed E-state index contributed by atoms with van der Waals surface area (Å²) in [5.41, 5.74) is 0.821. The second-order valence-electron chi connectivity index (χ2n) is 2.50. The molecule has 0 fully saturated rings. The SMILES string of the molecule is N#CCc1cc(Br)c([N+](=O)[O-])c(I)c1. The van der Waals surface area contributed by atoms with Gasteiger partial charge in [0.25, 0.3) is 5.69 Å². The lowest BCUT2D eigenvalue weighted by molar-refractivity contribution is -0.386. The molecule has 0 bridgehead atoms. The first kappa shape index (κ1) is 11.4. The number of benzene rings is 1. The molecule has 0 N–H and O–H groups in total. The number of nitriles is 1. The van der Waals surface area contributed by atoms with Crippen molar-refractivity contribution in [2.45, 2.75) is 6.42 Å². The highest BCUT2D eigenvalue weighted by Gasteiger charge is 2.17. The van der Waals surface area contributed by atoms with Gasteiger partial charge >= 0.3 is 0 Å². The van der Waals surface area contributed by atoms with Crippen molar-refractivity contribution in [3.63, 3.8) is 0 Å². The molecule has 0 saturated carbocycles. The van der Waals surface area contributed by atoms with Gasteiger partial charge < -0.3 is 0 Å². The molecule has 1 aromatic carbocycles. The lowest BCUT2D eigenvalue weighted by atomic mass is 10.1. The topological polar surface area (TPSA) is 66.9 Å². The van der Waals surface area contributed by atoms with Crippen LogP contribution in [0.4, 0.5) is 5.69 Å². The van der Waals surface area contributed by atoms with E-state index in [0.717, 1.165) is 5.56 Å². The molecule has 0 spiro atoms. The number of nitro benzene ring substituents is 1. The molecule has 0 heterocycles. The molecule has 0 atom stereocenters. The highest BCUT2D eigenvalue weighted by atomic mass is 127. The zero-order chi connectivity index (χ0) is 10.7. The van der Waals surface area contributed by atoms with Crippen LogP contribution in [0.15, 0.2) is 16.6 Å². The molecular weight excluding hydrogens is 363 g/mol. The van der Waals surface area contributed by atoms with E-state index in [-0.39, 0.29) is 12.1 Å². The fourth-order valence-corrected chi connectivity index (χ4v) is 2.90. The molecule has 1 aromatic rings. The van der Waals surface area contributed by atoms with E-state index in [1.54, 1.807) is 12.1 Å². The molecule has 4 nitrogen and oxygen atoms in total. The molecule has 0 saturated heterocycles. The fraction of sp³-hybridized carbons (Fsp3) is 0.125. The van der Waals surface area contributed by atoms with E-state index in [2.05, 4.69) is 15.9 Å². The van der Waals surface area contributed by atoms with Crippen molar-refractivity contribution in [3.05, 3.63) is 35.9 Å². The van der Waals surface area contributed by atoms with Crippen molar-refractivity contribution in [1.82, 2.24) is 0 Å². The van der Waals surface area contributed by atoms with Crippen LogP contribution in [0.3, 0.4) is 0 Å². The monoisotopic (exact) mass is 366 g/mol. The number of hydrogen-bond acceptors (Lipinski definition) is 3. The van der Waals surface area contributed by atoms with Gasteiger partial charge in [0.15, 0.2) is 0 Å². The Morgan fingerprint density at radius 1 is 1.64 bits per heavy atom. The summed E-state index contributed by atoms with van der Waals surface area (Å²) in [4.78, 5) is 10.2. The molecule has 0 unspecified atom stereocenters. The number of hydrogen-bond donors (Lipinski definition) is 0. The van der Waals surface area contributed by atoms with Gasteiger partial charge in [0, 0.05) is 0 Å². The predicted octanol–water partition coefficient (Wildman–Crippen LogP) is 3.03. The summed E-state index contributed by atoms with van der Waals surface area (Å²) in [7, 11) is 0. The highest BCUT2D eigenvalue weighted by molar-refractivity contribution is 14.1. The van der Waals surface area contributed by atoms with Crippen molar-refractivity contribution in [2.75, 3.05) is 0 Å². The van der Waals surface area contributed by atoms with Gasteiger partial charge in [0.05, 0.1) is 25.5 Å². The Morgan fingerprint density at radius 3 is 2.71 bits per heavy atom. The molecule has 0 aliphatic heterocycles. The first-order valence-corrected chi connectivity index (χ1v) is 5.42. The van der Waals surface area contributed by atoms with Gasteiger partial charge in [-0.05, 0) is 56.2 Å². The average Bonchev–Trinajstić information content (AvgIpc) is 2.01. The van der Waals surface area contributed by atoms with Crippen molar-refractivity contribution in [3.8, 4) is 6.07 Å². The van der Waals surface area contributed by atoms with Crippen LogP contribution in [0.1, 0.15) is 5.56 Å². The maximum absolute atomic E-state index is 10.6. The van der Waals surface area contributed by atoms with Gasteiger partial charge in [-0.3, -0.25) is 10.1 Å². The molecule has 6 heteroatoms. The fourth-order valence-electron chi connectivity index (χ4n) is 0.986. The number of nitrogens with zero attached hydrogens (tertiary/aromatic N) is 2. The van der Waals surface area contributed by atoms with Gasteiger partial charge in [0.1, 0.15) is 0 Å². The Morgan fingerprint density at radius 2 is 2.29 bits per heavy atom. The minimum Gasteiger partial charge on any atom is -0.258 e. The zero-order valence-corrected chi connectivity index (χ0v) is 10.6. The van der Waals surface area contributed by atoms with Gasteiger partial charge in [0.2, 0.25) is 0 Å². The van der Waals surface area contributed by atoms with Crippen LogP contribution in [0.2, 0.25) is 0 Å². The number of nitro groups is 1. The van der Waals surface area contributed by atoms with Crippen molar-refractivity contribution < 1.29 is 4.92 Å². The van der Waals surface area contributed by atoms with Crippen molar-refractivity contribution in [2.24, 2.45) is 0 Å². The van der Waals surface area contributed by atoms with Crippen molar-refractivity contribution in [1.29, 1.82) is 5.26 Å². The summed E-state index contributed by atoms with van der Waals surface area (Å²) in [6, 6.07) is 5.24. The van der Waals surface area contributed by atoms with Crippen LogP contribution < -0.4 is 0 Å². The third-order valence-corrected chi connectivity index (χ3v) is 2.97. The molecular formula is C8H4BrIN2O2. The van der Waals surface area contributed by atoms with E-state index in [4.69, 9.17) is 5.26 Å². The molecule has 0 amide bonds. The summed E-state index contributed by atoms with van der Waals surface area (Å²) in [6.07, 6.45) is 0.257. The summed E-state index contributed by atoms with van der Waals surface area (Å²) >= 11 is 5.00. The summed E-state index contributed by atoms with van der Waals surface area (Å²) in [6.45, 7) is 0. The average molecular weight is 367 g/mol. The smallest absolute Gasteiger partial charge is 0.258 e. The lowest BCUT2D eigenvalue weighted by Gasteiger charge is -2.01. The van der Waals surface area contributed by atoms with E-state index in [9.17, 15) is 10.1 Å². The molecule has 72 valence electrons. The number of rotatable bonds is 2. The lowest BCUT2D eigenvalue weighted by Crippen LogP contribution is -1.95. The minimum absolute atomic E-state index is 0.0484. The normalized spacial score (nSPS) is 9.50. The first-order chi connectivity index (χ1) is 6.56. The van der Waals surface area contributed by atoms with E-state index in [1.807, 2.05) is 28.7 Å². The molecule has 14 heavy (non-hydrogen) atoms. The second-order valence-corrected chi connectivity index (χ2v) is 4.52. The predicted molar refractivity (Wildman–Crippen MR) is 62.8 cm³/mol. The molecule has 0 aliphatic carbocycles. The van der Waals surface area contributed by atoms with Gasteiger partial charge in [-0.1, -0.05) is 0 Å². The van der Waals surface area contributed by atoms with Crippen molar-refractivity contribution >= 4 is 44.2 Å². The van der Waals surface area contributed by atoms with Crippen LogP contribution in [0.5, 0.6) is 0 Å². The molecule has 1 rings (SSSR count). The first-order valence-electron chi connectivity index (χ1n) is 3.55. The zero-order valence-electron chi connectivity index (χ0n) is 6.83. The summed E-state index contributed by atoms with van der Waals surface area (Å²) in [5, 5.41) is 19.1. The molecule has 0 aliphatic rings.